The van der Waals surface area contributed by atoms with Gasteiger partial charge in [-0.1, -0.05) is 12.0 Å². The standard InChI is InChI=1S/C33H37N7O2/c1-40-18-15-23(16-19-40)30-21-35-33(39-31(30)36-25-10-12-29(41)13-11-25)38-27-5-2-22(3-6-27)4-7-28-20-24(14-17-34-28)32(42)37-26-8-9-26/h2-3,5-6,14-15,17,20-21,25-26,29,41H,8-13,16,18-19H2,1H3,(H,37,42)(H2,35,36,38,39). The molecule has 0 unspecified atom stereocenters. The third kappa shape index (κ3) is 7.32. The van der Waals surface area contributed by atoms with Gasteiger partial charge in [0.1, 0.15) is 11.5 Å². The summed E-state index contributed by atoms with van der Waals surface area (Å²) in [6.45, 7) is 1.92. The number of benzene rings is 1. The number of hydrogen-bond donors (Lipinski definition) is 4. The Morgan fingerprint density at radius 3 is 2.52 bits per heavy atom. The lowest BCUT2D eigenvalue weighted by molar-refractivity contribution is 0.0951. The summed E-state index contributed by atoms with van der Waals surface area (Å²) in [6.07, 6.45) is 12.1. The van der Waals surface area contributed by atoms with E-state index in [1.165, 1.54) is 5.57 Å². The lowest BCUT2D eigenvalue weighted by atomic mass is 9.92. The van der Waals surface area contributed by atoms with E-state index in [-0.39, 0.29) is 18.1 Å². The molecule has 42 heavy (non-hydrogen) atoms. The Kier molecular flexibility index (Phi) is 8.45. The van der Waals surface area contributed by atoms with Crippen LogP contribution in [-0.2, 0) is 0 Å². The Hall–Kier alpha value is -4.26. The van der Waals surface area contributed by atoms with E-state index in [9.17, 15) is 9.90 Å². The average Bonchev–Trinajstić information content (AvgIpc) is 3.83. The number of hydrogen-bond acceptors (Lipinski definition) is 8. The van der Waals surface area contributed by atoms with Crippen molar-refractivity contribution in [3.05, 3.63) is 77.3 Å². The molecule has 2 saturated carbocycles. The molecule has 1 amide bonds. The van der Waals surface area contributed by atoms with Crippen LogP contribution in [-0.4, -0.2) is 69.2 Å². The molecule has 0 radical (unpaired) electrons. The maximum atomic E-state index is 12.3. The van der Waals surface area contributed by atoms with Crippen LogP contribution in [0.15, 0.2) is 54.9 Å². The molecule has 2 fully saturated rings. The zero-order valence-corrected chi connectivity index (χ0v) is 23.9. The highest BCUT2D eigenvalue weighted by atomic mass is 16.3. The molecule has 1 aliphatic heterocycles. The number of aromatic nitrogens is 3. The molecule has 216 valence electrons. The van der Waals surface area contributed by atoms with Crippen LogP contribution in [0, 0.1) is 11.8 Å². The van der Waals surface area contributed by atoms with Gasteiger partial charge in [0.2, 0.25) is 5.95 Å². The van der Waals surface area contributed by atoms with Crippen LogP contribution in [0.4, 0.5) is 17.5 Å². The van der Waals surface area contributed by atoms with Crippen LogP contribution < -0.4 is 16.0 Å². The molecular weight excluding hydrogens is 526 g/mol. The first-order chi connectivity index (χ1) is 20.5. The number of aliphatic hydroxyl groups is 1. The highest BCUT2D eigenvalue weighted by Crippen LogP contribution is 2.31. The molecule has 9 nitrogen and oxygen atoms in total. The lowest BCUT2D eigenvalue weighted by Crippen LogP contribution is -2.29. The van der Waals surface area contributed by atoms with Crippen molar-refractivity contribution in [1.29, 1.82) is 0 Å². The molecule has 0 spiro atoms. The topological polar surface area (TPSA) is 115 Å². The minimum Gasteiger partial charge on any atom is -0.393 e. The largest absolute Gasteiger partial charge is 0.393 e. The van der Waals surface area contributed by atoms with Crippen LogP contribution in [0.2, 0.25) is 0 Å². The van der Waals surface area contributed by atoms with Gasteiger partial charge in [0.05, 0.1) is 6.10 Å². The summed E-state index contributed by atoms with van der Waals surface area (Å²) in [4.78, 5) is 28.5. The zero-order valence-electron chi connectivity index (χ0n) is 23.9. The Morgan fingerprint density at radius 2 is 1.79 bits per heavy atom. The Bertz CT molecular complexity index is 1510. The summed E-state index contributed by atoms with van der Waals surface area (Å²) in [7, 11) is 2.13. The summed E-state index contributed by atoms with van der Waals surface area (Å²) < 4.78 is 0. The number of amides is 1. The fourth-order valence-corrected chi connectivity index (χ4v) is 5.25. The van der Waals surface area contributed by atoms with Crippen molar-refractivity contribution in [2.75, 3.05) is 30.8 Å². The van der Waals surface area contributed by atoms with Gasteiger partial charge in [0, 0.05) is 59.9 Å². The van der Waals surface area contributed by atoms with Crippen molar-refractivity contribution in [3.63, 3.8) is 0 Å². The molecule has 3 heterocycles. The molecule has 0 atom stereocenters. The summed E-state index contributed by atoms with van der Waals surface area (Å²) in [5, 5.41) is 19.9. The van der Waals surface area contributed by atoms with Crippen molar-refractivity contribution in [2.45, 2.75) is 63.1 Å². The Morgan fingerprint density at radius 1 is 1.00 bits per heavy atom. The van der Waals surface area contributed by atoms with Gasteiger partial charge in [-0.15, -0.1) is 0 Å². The van der Waals surface area contributed by atoms with Gasteiger partial charge in [-0.25, -0.2) is 9.97 Å². The van der Waals surface area contributed by atoms with E-state index in [0.717, 1.165) is 80.7 Å². The second kappa shape index (κ2) is 12.7. The molecule has 0 bridgehead atoms. The minimum atomic E-state index is -0.200. The molecule has 0 saturated heterocycles. The number of likely N-dealkylation sites (N-methyl/N-ethyl adjacent to an activating group) is 1. The molecule has 4 N–H and O–H groups in total. The normalized spacial score (nSPS) is 20.6. The summed E-state index contributed by atoms with van der Waals surface area (Å²) in [5.74, 6) is 7.49. The van der Waals surface area contributed by atoms with Crippen LogP contribution in [0.1, 0.15) is 72.1 Å². The van der Waals surface area contributed by atoms with Crippen molar-refractivity contribution in [2.24, 2.45) is 0 Å². The zero-order chi connectivity index (χ0) is 28.9. The van der Waals surface area contributed by atoms with Gasteiger partial charge in [-0.05, 0) is 99.9 Å². The maximum Gasteiger partial charge on any atom is 0.251 e. The van der Waals surface area contributed by atoms with Crippen molar-refractivity contribution in [1.82, 2.24) is 25.2 Å². The molecular formula is C33H37N7O2. The number of nitrogens with one attached hydrogen (secondary N) is 3. The van der Waals surface area contributed by atoms with Crippen LogP contribution >= 0.6 is 0 Å². The van der Waals surface area contributed by atoms with Crippen LogP contribution in [0.3, 0.4) is 0 Å². The first-order valence-electron chi connectivity index (χ1n) is 14.8. The lowest BCUT2D eigenvalue weighted by Gasteiger charge is -2.28. The summed E-state index contributed by atoms with van der Waals surface area (Å²) >= 11 is 0. The van der Waals surface area contributed by atoms with Gasteiger partial charge < -0.3 is 26.0 Å². The van der Waals surface area contributed by atoms with E-state index >= 15 is 0 Å². The molecule has 2 aliphatic carbocycles. The number of anilines is 3. The van der Waals surface area contributed by atoms with Crippen molar-refractivity contribution < 1.29 is 9.90 Å². The van der Waals surface area contributed by atoms with Crippen molar-refractivity contribution >= 4 is 28.9 Å². The molecule has 3 aromatic rings. The minimum absolute atomic E-state index is 0.0763. The van der Waals surface area contributed by atoms with Crippen molar-refractivity contribution in [3.8, 4) is 11.8 Å². The Labute approximate surface area is 246 Å². The number of carbonyl (C=O) groups is 1. The fourth-order valence-electron chi connectivity index (χ4n) is 5.25. The third-order valence-corrected chi connectivity index (χ3v) is 8.00. The van der Waals surface area contributed by atoms with Gasteiger partial charge in [-0.3, -0.25) is 4.79 Å². The SMILES string of the molecule is CN1CC=C(c2cnc(Nc3ccc(C#Cc4cc(C(=O)NC5CC5)ccn4)cc3)nc2NC2CCC(O)CC2)CC1. The average molecular weight is 564 g/mol. The summed E-state index contributed by atoms with van der Waals surface area (Å²) in [5.41, 5.74) is 5.14. The van der Waals surface area contributed by atoms with Crippen LogP contribution in [0.5, 0.6) is 0 Å². The monoisotopic (exact) mass is 563 g/mol. The molecule has 6 rings (SSSR count). The second-order valence-electron chi connectivity index (χ2n) is 11.5. The number of carbonyl (C=O) groups excluding carboxylic acids is 1. The molecule has 9 heteroatoms. The van der Waals surface area contributed by atoms with Gasteiger partial charge in [0.15, 0.2) is 0 Å². The van der Waals surface area contributed by atoms with E-state index < -0.39 is 0 Å². The van der Waals surface area contributed by atoms with E-state index in [0.29, 0.717) is 23.2 Å². The quantitative estimate of drug-likeness (QED) is 0.314. The van der Waals surface area contributed by atoms with Gasteiger partial charge in [-0.2, -0.15) is 4.98 Å². The van der Waals surface area contributed by atoms with E-state index in [1.54, 1.807) is 18.3 Å². The number of aliphatic hydroxyl groups excluding tert-OH is 1. The smallest absolute Gasteiger partial charge is 0.251 e. The number of rotatable bonds is 7. The molecule has 2 aromatic heterocycles. The number of nitrogens with zero attached hydrogens (tertiary/aromatic N) is 4. The molecule has 3 aliphatic rings. The highest BCUT2D eigenvalue weighted by Gasteiger charge is 2.24. The van der Waals surface area contributed by atoms with E-state index in [4.69, 9.17) is 4.98 Å². The van der Waals surface area contributed by atoms with E-state index in [1.807, 2.05) is 30.5 Å². The van der Waals surface area contributed by atoms with Crippen LogP contribution in [0.25, 0.3) is 5.57 Å². The maximum absolute atomic E-state index is 12.3. The second-order valence-corrected chi connectivity index (χ2v) is 11.5. The van der Waals surface area contributed by atoms with Gasteiger partial charge in [0.25, 0.3) is 5.91 Å². The predicted molar refractivity (Wildman–Crippen MR) is 164 cm³/mol. The molecule has 1 aromatic carbocycles. The number of pyridine rings is 1. The predicted octanol–water partition coefficient (Wildman–Crippen LogP) is 4.34. The fraction of sp³-hybridized carbons (Fsp3) is 0.394. The van der Waals surface area contributed by atoms with E-state index in [2.05, 4.69) is 55.8 Å². The summed E-state index contributed by atoms with van der Waals surface area (Å²) in [6, 6.07) is 11.8. The third-order valence-electron chi connectivity index (χ3n) is 8.00. The first-order valence-corrected chi connectivity index (χ1v) is 14.8. The van der Waals surface area contributed by atoms with Gasteiger partial charge >= 0.3 is 0 Å². The first kappa shape index (κ1) is 27.9. The highest BCUT2D eigenvalue weighted by molar-refractivity contribution is 5.94. The Balaban J connectivity index is 1.15.